The molecule has 4 atom stereocenters. The smallest absolute Gasteiger partial charge is 0.280 e. The van der Waals surface area contributed by atoms with Crippen molar-refractivity contribution in [1.29, 1.82) is 0 Å². The molecule has 0 aliphatic carbocycles. The van der Waals surface area contributed by atoms with E-state index < -0.39 is 12.5 Å². The Labute approximate surface area is 158 Å². The minimum Gasteiger partial charge on any atom is -0.497 e. The van der Waals surface area contributed by atoms with E-state index in [0.717, 1.165) is 25.8 Å². The van der Waals surface area contributed by atoms with Crippen LogP contribution in [0.25, 0.3) is 10.9 Å². The van der Waals surface area contributed by atoms with Gasteiger partial charge in [0.25, 0.3) is 6.43 Å². The molecule has 6 heteroatoms. The van der Waals surface area contributed by atoms with Crippen LogP contribution in [-0.2, 0) is 0 Å². The van der Waals surface area contributed by atoms with Gasteiger partial charge in [0, 0.05) is 11.4 Å². The van der Waals surface area contributed by atoms with Gasteiger partial charge in [-0.1, -0.05) is 20.3 Å². The van der Waals surface area contributed by atoms with Crippen molar-refractivity contribution in [3.8, 4) is 5.75 Å². The van der Waals surface area contributed by atoms with E-state index in [1.165, 1.54) is 6.07 Å². The average Bonchev–Trinajstić information content (AvgIpc) is 2.71. The summed E-state index contributed by atoms with van der Waals surface area (Å²) >= 11 is 0. The van der Waals surface area contributed by atoms with Gasteiger partial charge in [0.05, 0.1) is 18.7 Å². The molecule has 0 radical (unpaired) electrons. The minimum atomic E-state index is -2.69. The van der Waals surface area contributed by atoms with Crippen LogP contribution in [0.3, 0.4) is 0 Å². The maximum absolute atomic E-state index is 13.4. The Morgan fingerprint density at radius 1 is 1.33 bits per heavy atom. The van der Waals surface area contributed by atoms with Gasteiger partial charge in [-0.3, -0.25) is 0 Å². The third kappa shape index (κ3) is 4.22. The zero-order chi connectivity index (χ0) is 19.6. The number of benzene rings is 1. The molecule has 2 aromatic rings. The highest BCUT2D eigenvalue weighted by Gasteiger charge is 2.31. The van der Waals surface area contributed by atoms with Crippen LogP contribution in [-0.4, -0.2) is 29.8 Å². The summed E-state index contributed by atoms with van der Waals surface area (Å²) in [5.41, 5.74) is 0.615. The van der Waals surface area contributed by atoms with E-state index in [1.54, 1.807) is 25.3 Å². The van der Waals surface area contributed by atoms with Crippen molar-refractivity contribution >= 4 is 10.9 Å². The molecule has 1 aliphatic rings. The van der Waals surface area contributed by atoms with Gasteiger partial charge in [-0.15, -0.1) is 0 Å². The molecule has 0 saturated carbocycles. The number of piperidine rings is 1. The number of pyridine rings is 1. The molecule has 1 saturated heterocycles. The Morgan fingerprint density at radius 3 is 2.78 bits per heavy atom. The summed E-state index contributed by atoms with van der Waals surface area (Å²) < 4.78 is 32.0. The lowest BCUT2D eigenvalue weighted by Gasteiger charge is -2.36. The monoisotopic (exact) mass is 378 g/mol. The largest absolute Gasteiger partial charge is 0.497 e. The third-order valence-electron chi connectivity index (χ3n) is 5.92. The number of hydrogen-bond acceptors (Lipinski definition) is 4. The number of aromatic nitrogens is 1. The fourth-order valence-corrected chi connectivity index (χ4v) is 4.02. The number of aliphatic hydroxyl groups excluding tert-OH is 1. The Morgan fingerprint density at radius 2 is 2.11 bits per heavy atom. The Bertz CT molecular complexity index is 784. The quantitative estimate of drug-likeness (QED) is 0.770. The molecule has 4 nitrogen and oxygen atoms in total. The van der Waals surface area contributed by atoms with Crippen LogP contribution in [0.4, 0.5) is 8.78 Å². The normalized spacial score (nSPS) is 22.8. The number of nitrogens with one attached hydrogen (secondary N) is 1. The molecule has 1 fully saturated rings. The lowest BCUT2D eigenvalue weighted by Crippen LogP contribution is -2.43. The predicted molar refractivity (Wildman–Crippen MR) is 102 cm³/mol. The van der Waals surface area contributed by atoms with Gasteiger partial charge >= 0.3 is 0 Å². The standard InChI is InChI=1S/C21H28F2N2O2/c1-4-12(2)13-7-8-24-18(9-13)20(26)16-11-19(21(22)23)25-17-6-5-14(27-3)10-15(16)17/h5-6,10-13,18,20-21,24,26H,4,7-9H2,1-3H3/t12?,13?,18?,20-/m1/s1. The number of methoxy groups -OCH3 is 1. The predicted octanol–water partition coefficient (Wildman–Crippen LogP) is 4.63. The molecular weight excluding hydrogens is 350 g/mol. The number of hydrogen-bond donors (Lipinski definition) is 2. The first-order valence-electron chi connectivity index (χ1n) is 9.62. The van der Waals surface area contributed by atoms with Crippen LogP contribution in [0.1, 0.15) is 56.9 Å². The van der Waals surface area contributed by atoms with Crippen LogP contribution < -0.4 is 10.1 Å². The fraction of sp³-hybridized carbons (Fsp3) is 0.571. The van der Waals surface area contributed by atoms with E-state index in [4.69, 9.17) is 4.74 Å². The summed E-state index contributed by atoms with van der Waals surface area (Å²) in [7, 11) is 1.55. The van der Waals surface area contributed by atoms with Crippen molar-refractivity contribution in [1.82, 2.24) is 10.3 Å². The first-order valence-corrected chi connectivity index (χ1v) is 9.62. The van der Waals surface area contributed by atoms with Crippen LogP contribution in [0.2, 0.25) is 0 Å². The molecular formula is C21H28F2N2O2. The number of halogens is 2. The number of fused-ring (bicyclic) bond motifs is 1. The molecule has 2 heterocycles. The summed E-state index contributed by atoms with van der Waals surface area (Å²) in [5.74, 6) is 1.71. The van der Waals surface area contributed by atoms with Crippen LogP contribution >= 0.6 is 0 Å². The number of ether oxygens (including phenoxy) is 1. The first-order chi connectivity index (χ1) is 12.9. The number of alkyl halides is 2. The average molecular weight is 378 g/mol. The van der Waals surface area contributed by atoms with E-state index in [1.807, 2.05) is 0 Å². The number of aliphatic hydroxyl groups is 1. The fourth-order valence-electron chi connectivity index (χ4n) is 4.02. The molecule has 148 valence electrons. The van der Waals surface area contributed by atoms with Crippen molar-refractivity contribution in [2.24, 2.45) is 11.8 Å². The molecule has 0 bridgehead atoms. The summed E-state index contributed by atoms with van der Waals surface area (Å²) in [6, 6.07) is 6.28. The van der Waals surface area contributed by atoms with Crippen LogP contribution in [0.15, 0.2) is 24.3 Å². The van der Waals surface area contributed by atoms with E-state index in [2.05, 4.69) is 24.1 Å². The Kier molecular flexibility index (Phi) is 6.27. The zero-order valence-electron chi connectivity index (χ0n) is 16.1. The first kappa shape index (κ1) is 20.0. The molecule has 1 aromatic heterocycles. The summed E-state index contributed by atoms with van der Waals surface area (Å²) in [4.78, 5) is 4.06. The summed E-state index contributed by atoms with van der Waals surface area (Å²) in [6.07, 6.45) is -0.570. The van der Waals surface area contributed by atoms with Gasteiger partial charge in [0.15, 0.2) is 0 Å². The Balaban J connectivity index is 2.00. The van der Waals surface area contributed by atoms with Gasteiger partial charge in [-0.2, -0.15) is 0 Å². The summed E-state index contributed by atoms with van der Waals surface area (Å²) in [6.45, 7) is 5.24. The highest BCUT2D eigenvalue weighted by Crippen LogP contribution is 2.36. The highest BCUT2D eigenvalue weighted by atomic mass is 19.3. The van der Waals surface area contributed by atoms with Crippen molar-refractivity contribution in [2.45, 2.75) is 51.7 Å². The zero-order valence-corrected chi connectivity index (χ0v) is 16.1. The molecule has 27 heavy (non-hydrogen) atoms. The Hall–Kier alpha value is -1.79. The van der Waals surface area contributed by atoms with Gasteiger partial charge in [-0.25, -0.2) is 13.8 Å². The second-order valence-electron chi connectivity index (χ2n) is 7.50. The second-order valence-corrected chi connectivity index (χ2v) is 7.50. The second kappa shape index (κ2) is 8.48. The van der Waals surface area contributed by atoms with Crippen molar-refractivity contribution < 1.29 is 18.6 Å². The van der Waals surface area contributed by atoms with E-state index >= 15 is 0 Å². The third-order valence-corrected chi connectivity index (χ3v) is 5.92. The number of nitrogens with zero attached hydrogens (tertiary/aromatic N) is 1. The molecule has 2 N–H and O–H groups in total. The van der Waals surface area contributed by atoms with Crippen molar-refractivity contribution in [3.05, 3.63) is 35.5 Å². The van der Waals surface area contributed by atoms with E-state index in [-0.39, 0.29) is 11.7 Å². The molecule has 1 aromatic carbocycles. The number of rotatable bonds is 6. The van der Waals surface area contributed by atoms with E-state index in [9.17, 15) is 13.9 Å². The van der Waals surface area contributed by atoms with Crippen molar-refractivity contribution in [3.63, 3.8) is 0 Å². The highest BCUT2D eigenvalue weighted by molar-refractivity contribution is 5.84. The van der Waals surface area contributed by atoms with Gasteiger partial charge in [0.2, 0.25) is 0 Å². The summed E-state index contributed by atoms with van der Waals surface area (Å²) in [5, 5.41) is 15.1. The van der Waals surface area contributed by atoms with Crippen molar-refractivity contribution in [2.75, 3.05) is 13.7 Å². The van der Waals surface area contributed by atoms with Gasteiger partial charge in [0.1, 0.15) is 11.4 Å². The lowest BCUT2D eigenvalue weighted by molar-refractivity contribution is 0.0874. The van der Waals surface area contributed by atoms with Gasteiger partial charge in [-0.05, 0) is 61.1 Å². The van der Waals surface area contributed by atoms with Crippen LogP contribution in [0.5, 0.6) is 5.75 Å². The maximum Gasteiger partial charge on any atom is 0.280 e. The molecule has 3 unspecified atom stereocenters. The lowest BCUT2D eigenvalue weighted by atomic mass is 9.79. The van der Waals surface area contributed by atoms with Crippen LogP contribution in [0, 0.1) is 11.8 Å². The topological polar surface area (TPSA) is 54.4 Å². The minimum absolute atomic E-state index is 0.167. The SMILES string of the molecule is CCC(C)C1CCNC([C@H](O)c2cc(C(F)F)nc3ccc(OC)cc23)C1. The van der Waals surface area contributed by atoms with E-state index in [0.29, 0.717) is 34.1 Å². The molecule has 0 spiro atoms. The molecule has 0 amide bonds. The van der Waals surface area contributed by atoms with Gasteiger partial charge < -0.3 is 15.2 Å². The maximum atomic E-state index is 13.4. The molecule has 3 rings (SSSR count). The molecule has 1 aliphatic heterocycles.